The van der Waals surface area contributed by atoms with Crippen molar-refractivity contribution >= 4 is 78.9 Å². The van der Waals surface area contributed by atoms with Crippen molar-refractivity contribution in [3.8, 4) is 11.6 Å². The number of amides is 3. The molecule has 190 valence electrons. The van der Waals surface area contributed by atoms with Crippen LogP contribution in [0.5, 0.6) is 11.6 Å². The third-order valence-electron chi connectivity index (χ3n) is 5.42. The average Bonchev–Trinajstić information content (AvgIpc) is 3.16. The number of imide groups is 1. The fourth-order valence-electron chi connectivity index (χ4n) is 3.68. The van der Waals surface area contributed by atoms with Gasteiger partial charge in [-0.1, -0.05) is 42.5 Å². The molecular weight excluding hydrogens is 599 g/mol. The first-order valence-electron chi connectivity index (χ1n) is 11.0. The molecule has 2 heterocycles. The van der Waals surface area contributed by atoms with E-state index in [9.17, 15) is 18.8 Å². The Kier molecular flexibility index (Phi) is 7.41. The molecule has 8 nitrogen and oxygen atoms in total. The van der Waals surface area contributed by atoms with Gasteiger partial charge < -0.3 is 10.1 Å². The molecule has 1 saturated heterocycles. The van der Waals surface area contributed by atoms with Gasteiger partial charge in [0.25, 0.3) is 17.0 Å². The van der Waals surface area contributed by atoms with Gasteiger partial charge in [-0.3, -0.25) is 19.3 Å². The summed E-state index contributed by atoms with van der Waals surface area (Å²) in [4.78, 5) is 46.7. The number of nitrogens with zero attached hydrogens (tertiary/aromatic N) is 3. The summed E-state index contributed by atoms with van der Waals surface area (Å²) < 4.78 is 20.7. The van der Waals surface area contributed by atoms with Crippen LogP contribution in [0.4, 0.5) is 14.9 Å². The lowest BCUT2D eigenvalue weighted by molar-refractivity contribution is -0.127. The minimum Gasteiger partial charge on any atom is -0.436 e. The standard InChI is InChI=1S/C26H15BrClFN4O4S/c27-17-7-3-4-8-19(17)31-22(34)13-33-24(35)21(38-26(33)36)11-16-15-6-2-1-5-14(15)9-10-20(16)37-23-18(29)12-30-25(28)32-23/h1-12H,13H2,(H,31,34)/b21-11+. The van der Waals surface area contributed by atoms with Crippen molar-refractivity contribution in [2.75, 3.05) is 11.9 Å². The maximum atomic E-state index is 14.3. The number of carbonyl (C=O) groups is 3. The molecule has 0 unspecified atom stereocenters. The number of nitrogens with one attached hydrogen (secondary N) is 1. The van der Waals surface area contributed by atoms with Gasteiger partial charge >= 0.3 is 0 Å². The fourth-order valence-corrected chi connectivity index (χ4v) is 5.01. The molecule has 0 saturated carbocycles. The second kappa shape index (κ2) is 10.9. The lowest BCUT2D eigenvalue weighted by Gasteiger charge is -2.13. The zero-order chi connectivity index (χ0) is 26.8. The van der Waals surface area contributed by atoms with Gasteiger partial charge in [0.2, 0.25) is 17.0 Å². The molecule has 38 heavy (non-hydrogen) atoms. The molecule has 0 spiro atoms. The molecule has 4 aromatic rings. The highest BCUT2D eigenvalue weighted by molar-refractivity contribution is 9.10. The largest absolute Gasteiger partial charge is 0.436 e. The lowest BCUT2D eigenvalue weighted by Crippen LogP contribution is -2.36. The average molecular weight is 614 g/mol. The normalized spacial score (nSPS) is 14.4. The highest BCUT2D eigenvalue weighted by Gasteiger charge is 2.36. The predicted molar refractivity (Wildman–Crippen MR) is 146 cm³/mol. The zero-order valence-electron chi connectivity index (χ0n) is 19.2. The van der Waals surface area contributed by atoms with Gasteiger partial charge in [0.1, 0.15) is 12.3 Å². The molecule has 1 aliphatic heterocycles. The van der Waals surface area contributed by atoms with Crippen molar-refractivity contribution in [1.29, 1.82) is 0 Å². The van der Waals surface area contributed by atoms with E-state index in [1.807, 2.05) is 12.1 Å². The molecule has 0 bridgehead atoms. The molecule has 1 N–H and O–H groups in total. The Labute approximate surface area is 233 Å². The topological polar surface area (TPSA) is 101 Å². The second-order valence-corrected chi connectivity index (χ2v) is 10.1. The monoisotopic (exact) mass is 612 g/mol. The fraction of sp³-hybridized carbons (Fsp3) is 0.0385. The van der Waals surface area contributed by atoms with Crippen LogP contribution in [0.1, 0.15) is 5.56 Å². The van der Waals surface area contributed by atoms with Gasteiger partial charge in [-0.05, 0) is 74.3 Å². The molecule has 12 heteroatoms. The minimum atomic E-state index is -0.829. The van der Waals surface area contributed by atoms with Crippen LogP contribution in [0.2, 0.25) is 5.28 Å². The summed E-state index contributed by atoms with van der Waals surface area (Å²) in [5, 5.41) is 3.38. The van der Waals surface area contributed by atoms with E-state index in [-0.39, 0.29) is 15.9 Å². The van der Waals surface area contributed by atoms with Crippen molar-refractivity contribution in [1.82, 2.24) is 14.9 Å². The van der Waals surface area contributed by atoms with Crippen LogP contribution >= 0.6 is 39.3 Å². The first-order chi connectivity index (χ1) is 18.3. The summed E-state index contributed by atoms with van der Waals surface area (Å²) >= 11 is 9.83. The maximum Gasteiger partial charge on any atom is 0.294 e. The minimum absolute atomic E-state index is 0.0751. The van der Waals surface area contributed by atoms with E-state index in [1.54, 1.807) is 48.5 Å². The van der Waals surface area contributed by atoms with Gasteiger partial charge in [0, 0.05) is 10.0 Å². The van der Waals surface area contributed by atoms with E-state index in [0.717, 1.165) is 16.5 Å². The number of para-hydroxylation sites is 1. The predicted octanol–water partition coefficient (Wildman–Crippen LogP) is 6.65. The Bertz CT molecular complexity index is 1650. The van der Waals surface area contributed by atoms with E-state index in [0.29, 0.717) is 32.9 Å². The maximum absolute atomic E-state index is 14.3. The summed E-state index contributed by atoms with van der Waals surface area (Å²) in [6.07, 6.45) is 2.37. The lowest BCUT2D eigenvalue weighted by atomic mass is 10.0. The molecule has 3 aromatic carbocycles. The number of hydrogen-bond donors (Lipinski definition) is 1. The van der Waals surface area contributed by atoms with E-state index in [2.05, 4.69) is 31.2 Å². The number of ether oxygens (including phenoxy) is 1. The molecule has 1 aliphatic rings. The van der Waals surface area contributed by atoms with Gasteiger partial charge in [-0.15, -0.1) is 0 Å². The number of rotatable bonds is 6. The smallest absolute Gasteiger partial charge is 0.294 e. The molecule has 0 radical (unpaired) electrons. The van der Waals surface area contributed by atoms with E-state index < -0.39 is 35.3 Å². The van der Waals surface area contributed by atoms with Crippen LogP contribution in [0.15, 0.2) is 76.2 Å². The molecular formula is C26H15BrClFN4O4S. The highest BCUT2D eigenvalue weighted by atomic mass is 79.9. The Morgan fingerprint density at radius 3 is 2.71 bits per heavy atom. The molecule has 1 aromatic heterocycles. The number of aromatic nitrogens is 2. The quantitative estimate of drug-likeness (QED) is 0.192. The number of thioether (sulfide) groups is 1. The van der Waals surface area contributed by atoms with Crippen molar-refractivity contribution in [2.24, 2.45) is 0 Å². The first-order valence-corrected chi connectivity index (χ1v) is 13.0. The molecule has 3 amide bonds. The number of benzene rings is 3. The van der Waals surface area contributed by atoms with E-state index >= 15 is 0 Å². The van der Waals surface area contributed by atoms with Crippen LogP contribution in [-0.2, 0) is 9.59 Å². The third kappa shape index (κ3) is 5.40. The zero-order valence-corrected chi connectivity index (χ0v) is 22.3. The van der Waals surface area contributed by atoms with Crippen molar-refractivity contribution in [3.63, 3.8) is 0 Å². The number of halogens is 3. The Morgan fingerprint density at radius 2 is 1.89 bits per heavy atom. The Morgan fingerprint density at radius 1 is 1.13 bits per heavy atom. The SMILES string of the molecule is O=C(CN1C(=O)S/C(=C/c2c(Oc3nc(Cl)ncc3F)ccc3ccccc23)C1=O)Nc1ccccc1Br. The van der Waals surface area contributed by atoms with Crippen LogP contribution in [0, 0.1) is 5.82 Å². The first kappa shape index (κ1) is 25.8. The summed E-state index contributed by atoms with van der Waals surface area (Å²) in [5.41, 5.74) is 0.926. The Balaban J connectivity index is 1.46. The Hall–Kier alpha value is -3.80. The number of hydrogen-bond acceptors (Lipinski definition) is 7. The van der Waals surface area contributed by atoms with E-state index in [4.69, 9.17) is 16.3 Å². The summed E-state index contributed by atoms with van der Waals surface area (Å²) in [6.45, 7) is -0.465. The van der Waals surface area contributed by atoms with Crippen molar-refractivity contribution in [3.05, 3.63) is 92.9 Å². The van der Waals surface area contributed by atoms with E-state index in [1.165, 1.54) is 6.08 Å². The van der Waals surface area contributed by atoms with Crippen molar-refractivity contribution in [2.45, 2.75) is 0 Å². The van der Waals surface area contributed by atoms with Crippen molar-refractivity contribution < 1.29 is 23.5 Å². The van der Waals surface area contributed by atoms with Gasteiger partial charge in [0.05, 0.1) is 16.8 Å². The number of carbonyl (C=O) groups excluding carboxylic acids is 3. The molecule has 0 atom stereocenters. The summed E-state index contributed by atoms with van der Waals surface area (Å²) in [5.74, 6) is -2.23. The van der Waals surface area contributed by atoms with Gasteiger partial charge in [-0.25, -0.2) is 4.98 Å². The van der Waals surface area contributed by atoms with Crippen LogP contribution in [-0.4, -0.2) is 38.5 Å². The summed E-state index contributed by atoms with van der Waals surface area (Å²) in [7, 11) is 0. The van der Waals surface area contributed by atoms with Crippen LogP contribution in [0.25, 0.3) is 16.8 Å². The number of anilines is 1. The molecule has 0 aliphatic carbocycles. The highest BCUT2D eigenvalue weighted by Crippen LogP contribution is 2.38. The van der Waals surface area contributed by atoms with Gasteiger partial charge in [-0.2, -0.15) is 9.37 Å². The third-order valence-corrected chi connectivity index (χ3v) is 7.20. The summed E-state index contributed by atoms with van der Waals surface area (Å²) in [6, 6.07) is 17.6. The molecule has 5 rings (SSSR count). The van der Waals surface area contributed by atoms with Crippen LogP contribution in [0.3, 0.4) is 0 Å². The van der Waals surface area contributed by atoms with Gasteiger partial charge in [0.15, 0.2) is 0 Å². The van der Waals surface area contributed by atoms with Crippen LogP contribution < -0.4 is 10.1 Å². The number of fused-ring (bicyclic) bond motifs is 1. The molecule has 1 fully saturated rings. The second-order valence-electron chi connectivity index (χ2n) is 7.89.